The maximum Gasteiger partial charge on any atom is 0.115 e. The molecule has 1 aromatic carbocycles. The molecule has 0 saturated carbocycles. The summed E-state index contributed by atoms with van der Waals surface area (Å²) >= 11 is 6.20. The number of phenols is 1. The van der Waals surface area contributed by atoms with Gasteiger partial charge in [0.25, 0.3) is 0 Å². The molecule has 5 heteroatoms. The smallest absolute Gasteiger partial charge is 0.115 e. The van der Waals surface area contributed by atoms with E-state index in [0.717, 1.165) is 44.0 Å². The van der Waals surface area contributed by atoms with Crippen molar-refractivity contribution in [3.8, 4) is 5.75 Å². The van der Waals surface area contributed by atoms with Crippen LogP contribution < -0.4 is 4.90 Å². The second-order valence-electron chi connectivity index (χ2n) is 5.26. The minimum absolute atomic E-state index is 0.328. The number of rotatable bonds is 3. The number of aromatic nitrogens is 1. The number of aromatic hydroxyl groups is 1. The van der Waals surface area contributed by atoms with Crippen LogP contribution in [0, 0.1) is 0 Å². The number of hydrogen-bond acceptors (Lipinski definition) is 4. The van der Waals surface area contributed by atoms with Gasteiger partial charge in [-0.05, 0) is 23.8 Å². The molecular weight excluding hydrogens is 286 g/mol. The first-order chi connectivity index (χ1) is 10.2. The van der Waals surface area contributed by atoms with Gasteiger partial charge in [0, 0.05) is 45.1 Å². The van der Waals surface area contributed by atoms with Gasteiger partial charge in [-0.1, -0.05) is 23.7 Å². The summed E-state index contributed by atoms with van der Waals surface area (Å²) in [7, 11) is 0. The van der Waals surface area contributed by atoms with Crippen molar-refractivity contribution in [1.29, 1.82) is 0 Å². The monoisotopic (exact) mass is 303 g/mol. The first-order valence-electron chi connectivity index (χ1n) is 7.07. The van der Waals surface area contributed by atoms with E-state index < -0.39 is 0 Å². The Labute approximate surface area is 129 Å². The average molecular weight is 304 g/mol. The minimum Gasteiger partial charge on any atom is -0.508 e. The quantitative estimate of drug-likeness (QED) is 0.946. The molecule has 2 aromatic rings. The van der Waals surface area contributed by atoms with Gasteiger partial charge in [-0.2, -0.15) is 0 Å². The normalized spacial score (nSPS) is 16.1. The Morgan fingerprint density at radius 1 is 1.14 bits per heavy atom. The molecule has 2 heterocycles. The van der Waals surface area contributed by atoms with E-state index in [0.29, 0.717) is 10.8 Å². The molecule has 1 aliphatic rings. The molecule has 0 bridgehead atoms. The molecule has 1 fully saturated rings. The summed E-state index contributed by atoms with van der Waals surface area (Å²) < 4.78 is 0. The Kier molecular flexibility index (Phi) is 4.27. The van der Waals surface area contributed by atoms with Gasteiger partial charge in [-0.3, -0.25) is 9.88 Å². The third kappa shape index (κ3) is 3.46. The largest absolute Gasteiger partial charge is 0.508 e. The van der Waals surface area contributed by atoms with Crippen molar-refractivity contribution >= 4 is 17.3 Å². The zero-order valence-corrected chi connectivity index (χ0v) is 12.5. The van der Waals surface area contributed by atoms with Crippen molar-refractivity contribution in [2.45, 2.75) is 6.54 Å². The molecule has 0 radical (unpaired) electrons. The van der Waals surface area contributed by atoms with E-state index in [2.05, 4.69) is 14.8 Å². The van der Waals surface area contributed by atoms with Crippen molar-refractivity contribution in [1.82, 2.24) is 9.88 Å². The van der Waals surface area contributed by atoms with E-state index in [4.69, 9.17) is 11.6 Å². The van der Waals surface area contributed by atoms with Crippen LogP contribution in [0.15, 0.2) is 42.7 Å². The van der Waals surface area contributed by atoms with E-state index in [1.54, 1.807) is 18.5 Å². The van der Waals surface area contributed by atoms with Gasteiger partial charge in [-0.15, -0.1) is 0 Å². The fourth-order valence-electron chi connectivity index (χ4n) is 2.68. The molecule has 21 heavy (non-hydrogen) atoms. The predicted molar refractivity (Wildman–Crippen MR) is 84.8 cm³/mol. The van der Waals surface area contributed by atoms with Crippen molar-refractivity contribution in [3.63, 3.8) is 0 Å². The zero-order valence-electron chi connectivity index (χ0n) is 11.7. The van der Waals surface area contributed by atoms with Crippen LogP contribution in [0.2, 0.25) is 5.02 Å². The molecule has 1 N–H and O–H groups in total. The molecule has 110 valence electrons. The Morgan fingerprint density at radius 3 is 2.67 bits per heavy atom. The number of nitrogens with zero attached hydrogens (tertiary/aromatic N) is 3. The van der Waals surface area contributed by atoms with Crippen LogP contribution in [0.5, 0.6) is 5.75 Å². The number of pyridine rings is 1. The molecule has 1 aliphatic heterocycles. The summed E-state index contributed by atoms with van der Waals surface area (Å²) in [5.41, 5.74) is 2.20. The third-order valence-corrected chi connectivity index (χ3v) is 4.07. The Hall–Kier alpha value is -1.78. The third-order valence-electron chi connectivity index (χ3n) is 3.78. The van der Waals surface area contributed by atoms with Crippen LogP contribution in [-0.4, -0.2) is 41.2 Å². The van der Waals surface area contributed by atoms with Gasteiger partial charge in [0.2, 0.25) is 0 Å². The Balaban J connectivity index is 1.59. The standard InChI is InChI=1S/C16H18ClN3O/c17-15-11-18-5-4-16(15)20-8-6-19(7-9-20)12-13-2-1-3-14(21)10-13/h1-5,10-11,21H,6-9,12H2. The Morgan fingerprint density at radius 2 is 1.95 bits per heavy atom. The van der Waals surface area contributed by atoms with Crippen LogP contribution >= 0.6 is 11.6 Å². The number of anilines is 1. The van der Waals surface area contributed by atoms with Gasteiger partial charge in [-0.25, -0.2) is 0 Å². The average Bonchev–Trinajstić information content (AvgIpc) is 2.49. The highest BCUT2D eigenvalue weighted by atomic mass is 35.5. The summed E-state index contributed by atoms with van der Waals surface area (Å²) in [4.78, 5) is 8.71. The lowest BCUT2D eigenvalue weighted by Crippen LogP contribution is -2.46. The highest BCUT2D eigenvalue weighted by molar-refractivity contribution is 6.33. The van der Waals surface area contributed by atoms with Gasteiger partial charge in [0.15, 0.2) is 0 Å². The summed E-state index contributed by atoms with van der Waals surface area (Å²) in [6, 6.07) is 9.43. The predicted octanol–water partition coefficient (Wildman–Crippen LogP) is 2.76. The number of phenolic OH excluding ortho intramolecular Hbond substituents is 1. The summed E-state index contributed by atoms with van der Waals surface area (Å²) in [5, 5.41) is 10.2. The lowest BCUT2D eigenvalue weighted by molar-refractivity contribution is 0.249. The van der Waals surface area contributed by atoms with Crippen LogP contribution in [-0.2, 0) is 6.54 Å². The van der Waals surface area contributed by atoms with Crippen molar-refractivity contribution in [2.24, 2.45) is 0 Å². The molecule has 0 aliphatic carbocycles. The molecule has 1 saturated heterocycles. The summed E-state index contributed by atoms with van der Waals surface area (Å²) in [6.45, 7) is 4.72. The molecule has 0 amide bonds. The fraction of sp³-hybridized carbons (Fsp3) is 0.312. The first kappa shape index (κ1) is 14.2. The number of halogens is 1. The lowest BCUT2D eigenvalue weighted by atomic mass is 10.2. The first-order valence-corrected chi connectivity index (χ1v) is 7.45. The van der Waals surface area contributed by atoms with Crippen LogP contribution in [0.25, 0.3) is 0 Å². The minimum atomic E-state index is 0.328. The van der Waals surface area contributed by atoms with Gasteiger partial charge in [0.1, 0.15) is 5.75 Å². The van der Waals surface area contributed by atoms with E-state index in [9.17, 15) is 5.11 Å². The Bertz CT molecular complexity index is 612. The van der Waals surface area contributed by atoms with Crippen LogP contribution in [0.4, 0.5) is 5.69 Å². The second kappa shape index (κ2) is 6.33. The van der Waals surface area contributed by atoms with Crippen LogP contribution in [0.3, 0.4) is 0 Å². The van der Waals surface area contributed by atoms with E-state index in [1.165, 1.54) is 0 Å². The maximum absolute atomic E-state index is 9.52. The number of piperazine rings is 1. The molecule has 0 atom stereocenters. The highest BCUT2D eigenvalue weighted by Crippen LogP contribution is 2.25. The molecule has 0 spiro atoms. The van der Waals surface area contributed by atoms with E-state index in [1.807, 2.05) is 24.3 Å². The molecule has 4 nitrogen and oxygen atoms in total. The molecule has 1 aromatic heterocycles. The van der Waals surface area contributed by atoms with Crippen molar-refractivity contribution in [2.75, 3.05) is 31.1 Å². The maximum atomic E-state index is 9.52. The number of benzene rings is 1. The SMILES string of the molecule is Oc1cccc(CN2CCN(c3ccncc3Cl)CC2)c1. The summed E-state index contributed by atoms with van der Waals surface area (Å²) in [6.07, 6.45) is 3.47. The second-order valence-corrected chi connectivity index (χ2v) is 5.67. The molecule has 0 unspecified atom stereocenters. The summed E-state index contributed by atoms with van der Waals surface area (Å²) in [5.74, 6) is 0.328. The highest BCUT2D eigenvalue weighted by Gasteiger charge is 2.18. The van der Waals surface area contributed by atoms with Crippen LogP contribution in [0.1, 0.15) is 5.56 Å². The molecule has 3 rings (SSSR count). The van der Waals surface area contributed by atoms with Gasteiger partial charge in [0.05, 0.1) is 10.7 Å². The molecular formula is C16H18ClN3O. The van der Waals surface area contributed by atoms with E-state index >= 15 is 0 Å². The zero-order chi connectivity index (χ0) is 14.7. The van der Waals surface area contributed by atoms with E-state index in [-0.39, 0.29) is 0 Å². The number of hydrogen-bond donors (Lipinski definition) is 1. The van der Waals surface area contributed by atoms with Crippen molar-refractivity contribution < 1.29 is 5.11 Å². The van der Waals surface area contributed by atoms with Crippen molar-refractivity contribution in [3.05, 3.63) is 53.3 Å². The van der Waals surface area contributed by atoms with Gasteiger partial charge >= 0.3 is 0 Å². The topological polar surface area (TPSA) is 39.6 Å². The fourth-order valence-corrected chi connectivity index (χ4v) is 2.92. The van der Waals surface area contributed by atoms with Gasteiger partial charge < -0.3 is 10.0 Å². The lowest BCUT2D eigenvalue weighted by Gasteiger charge is -2.36.